The highest BCUT2D eigenvalue weighted by Gasteiger charge is 2.19. The van der Waals surface area contributed by atoms with E-state index in [1.165, 1.54) is 231 Å². The minimum atomic E-state index is -0.776. The fourth-order valence-corrected chi connectivity index (χ4v) is 10.5. The van der Waals surface area contributed by atoms with Crippen molar-refractivity contribution >= 4 is 17.9 Å². The van der Waals surface area contributed by atoms with Crippen LogP contribution in [-0.2, 0) is 28.6 Å². The molecule has 0 aromatic heterocycles. The molecule has 0 N–H and O–H groups in total. The molecule has 0 spiro atoms. The molecule has 0 aliphatic heterocycles. The zero-order chi connectivity index (χ0) is 59.9. The Morgan fingerprint density at radius 2 is 0.470 bits per heavy atom. The summed E-state index contributed by atoms with van der Waals surface area (Å²) >= 11 is 0. The van der Waals surface area contributed by atoms with E-state index in [4.69, 9.17) is 14.2 Å². The number of allylic oxidation sites excluding steroid dienone is 14. The highest BCUT2D eigenvalue weighted by atomic mass is 16.6. The third-order valence-electron chi connectivity index (χ3n) is 15.9. The average molecular weight is 1160 g/mol. The standard InChI is InChI=1S/C77H136O6/c1-4-7-10-13-16-19-22-24-26-28-30-32-34-36-37-38-39-41-42-44-46-48-50-52-55-58-61-64-67-70-76(79)82-73-74(72-81-75(78)69-66-63-60-57-54-21-18-15-12-9-6-3)83-77(80)71-68-65-62-59-56-53-51-49-47-45-43-40-35-33-31-29-27-25-23-20-17-14-11-8-5-2/h7,10,16,19,23-26,29-32,36-37,74H,4-6,8-9,11-15,17-18,20-22,27-28,33-35,38-73H2,1-3H3/b10-7-,19-16-,25-23-,26-24-,31-29-,32-30-,37-36-. The molecule has 0 heterocycles. The SMILES string of the molecule is CC/C=C\C/C=C\C/C=C\C/C=C\C/C=C\CCCCCCCCCCCCCCCC(=O)OCC(COC(=O)CCCCCCCCCCCCC)OC(=O)CCCCCCCCCCCCCCC/C=C\C/C=C\CCCCCCC. The summed E-state index contributed by atoms with van der Waals surface area (Å²) in [7, 11) is 0. The summed E-state index contributed by atoms with van der Waals surface area (Å²) in [6.45, 7) is 6.56. The molecule has 0 amide bonds. The van der Waals surface area contributed by atoms with Crippen LogP contribution in [-0.4, -0.2) is 37.2 Å². The van der Waals surface area contributed by atoms with Crippen molar-refractivity contribution in [3.8, 4) is 0 Å². The maximum absolute atomic E-state index is 13.0. The van der Waals surface area contributed by atoms with Crippen LogP contribution in [0.25, 0.3) is 0 Å². The van der Waals surface area contributed by atoms with E-state index >= 15 is 0 Å². The maximum Gasteiger partial charge on any atom is 0.306 e. The predicted molar refractivity (Wildman–Crippen MR) is 362 cm³/mol. The van der Waals surface area contributed by atoms with Gasteiger partial charge in [0.05, 0.1) is 0 Å². The first-order chi connectivity index (χ1) is 41.0. The van der Waals surface area contributed by atoms with Crippen molar-refractivity contribution in [1.82, 2.24) is 0 Å². The van der Waals surface area contributed by atoms with Gasteiger partial charge in [0.25, 0.3) is 0 Å². The summed E-state index contributed by atoms with van der Waals surface area (Å²) in [5.41, 5.74) is 0. The molecule has 480 valence electrons. The molecule has 6 nitrogen and oxygen atoms in total. The number of carbonyl (C=O) groups excluding carboxylic acids is 3. The molecule has 0 aromatic carbocycles. The van der Waals surface area contributed by atoms with Crippen LogP contribution >= 0.6 is 0 Å². The van der Waals surface area contributed by atoms with Gasteiger partial charge in [-0.3, -0.25) is 14.4 Å². The lowest BCUT2D eigenvalue weighted by molar-refractivity contribution is -0.167. The Morgan fingerprint density at radius 1 is 0.253 bits per heavy atom. The van der Waals surface area contributed by atoms with Crippen LogP contribution in [0.2, 0.25) is 0 Å². The first-order valence-corrected chi connectivity index (χ1v) is 36.1. The second-order valence-corrected chi connectivity index (χ2v) is 24.1. The molecule has 0 saturated carbocycles. The van der Waals surface area contributed by atoms with Crippen molar-refractivity contribution in [3.63, 3.8) is 0 Å². The topological polar surface area (TPSA) is 78.9 Å². The van der Waals surface area contributed by atoms with Gasteiger partial charge in [-0.2, -0.15) is 0 Å². The van der Waals surface area contributed by atoms with Crippen molar-refractivity contribution in [2.24, 2.45) is 0 Å². The molecule has 0 saturated heterocycles. The number of unbranched alkanes of at least 4 members (excludes halogenated alkanes) is 41. The van der Waals surface area contributed by atoms with Gasteiger partial charge < -0.3 is 14.2 Å². The summed E-state index contributed by atoms with van der Waals surface area (Å²) in [4.78, 5) is 38.4. The van der Waals surface area contributed by atoms with Crippen molar-refractivity contribution in [3.05, 3.63) is 85.1 Å². The number of hydrogen-bond donors (Lipinski definition) is 0. The Hall–Kier alpha value is -3.41. The smallest absolute Gasteiger partial charge is 0.306 e. The Labute approximate surface area is 515 Å². The lowest BCUT2D eigenvalue weighted by Gasteiger charge is -2.18. The molecule has 0 radical (unpaired) electrons. The fraction of sp³-hybridized carbons (Fsp3) is 0.779. The summed E-state index contributed by atoms with van der Waals surface area (Å²) in [5, 5.41) is 0. The van der Waals surface area contributed by atoms with Crippen LogP contribution < -0.4 is 0 Å². The zero-order valence-electron chi connectivity index (χ0n) is 55.2. The van der Waals surface area contributed by atoms with Gasteiger partial charge in [-0.15, -0.1) is 0 Å². The lowest BCUT2D eigenvalue weighted by Crippen LogP contribution is -2.30. The maximum atomic E-state index is 13.0. The summed E-state index contributed by atoms with van der Waals surface area (Å²) in [6.07, 6.45) is 94.7. The van der Waals surface area contributed by atoms with Gasteiger partial charge in [-0.1, -0.05) is 337 Å². The van der Waals surface area contributed by atoms with Crippen molar-refractivity contribution in [1.29, 1.82) is 0 Å². The molecule has 0 aliphatic rings. The molecular weight excluding hydrogens is 1020 g/mol. The minimum Gasteiger partial charge on any atom is -0.462 e. The second kappa shape index (κ2) is 71.1. The van der Waals surface area contributed by atoms with Crippen LogP contribution in [0.15, 0.2) is 85.1 Å². The molecule has 1 unspecified atom stereocenters. The molecule has 0 bridgehead atoms. The third kappa shape index (κ3) is 69.3. The van der Waals surface area contributed by atoms with Gasteiger partial charge in [0.15, 0.2) is 6.10 Å². The average Bonchev–Trinajstić information content (AvgIpc) is 3.48. The van der Waals surface area contributed by atoms with Gasteiger partial charge in [-0.05, 0) is 96.3 Å². The molecule has 83 heavy (non-hydrogen) atoms. The predicted octanol–water partition coefficient (Wildman–Crippen LogP) is 25.0. The molecule has 0 aromatic rings. The Morgan fingerprint density at radius 3 is 0.735 bits per heavy atom. The monoisotopic (exact) mass is 1160 g/mol. The first kappa shape index (κ1) is 79.6. The van der Waals surface area contributed by atoms with E-state index in [1.54, 1.807) is 0 Å². The number of esters is 3. The van der Waals surface area contributed by atoms with E-state index in [0.717, 1.165) is 96.3 Å². The number of rotatable bonds is 66. The van der Waals surface area contributed by atoms with Gasteiger partial charge >= 0.3 is 17.9 Å². The van der Waals surface area contributed by atoms with Crippen LogP contribution in [0.4, 0.5) is 0 Å². The summed E-state index contributed by atoms with van der Waals surface area (Å²) in [5.74, 6) is -0.854. The molecular formula is C77H136O6. The highest BCUT2D eigenvalue weighted by molar-refractivity contribution is 5.71. The molecule has 6 heteroatoms. The van der Waals surface area contributed by atoms with Crippen LogP contribution in [0, 0.1) is 0 Å². The van der Waals surface area contributed by atoms with Gasteiger partial charge in [0, 0.05) is 19.3 Å². The Kier molecular flexibility index (Phi) is 68.2. The molecule has 1 atom stereocenters. The highest BCUT2D eigenvalue weighted by Crippen LogP contribution is 2.18. The first-order valence-electron chi connectivity index (χ1n) is 36.1. The zero-order valence-corrected chi connectivity index (χ0v) is 55.2. The number of hydrogen-bond acceptors (Lipinski definition) is 6. The van der Waals surface area contributed by atoms with Crippen molar-refractivity contribution < 1.29 is 28.6 Å². The summed E-state index contributed by atoms with van der Waals surface area (Å²) < 4.78 is 17.0. The van der Waals surface area contributed by atoms with Gasteiger partial charge in [0.2, 0.25) is 0 Å². The molecule has 0 fully saturated rings. The van der Waals surface area contributed by atoms with Gasteiger partial charge in [0.1, 0.15) is 13.2 Å². The van der Waals surface area contributed by atoms with Crippen LogP contribution in [0.3, 0.4) is 0 Å². The Bertz CT molecular complexity index is 1570. The summed E-state index contributed by atoms with van der Waals surface area (Å²) in [6, 6.07) is 0. The number of carbonyl (C=O) groups is 3. The molecule has 0 rings (SSSR count). The molecule has 0 aliphatic carbocycles. The normalized spacial score (nSPS) is 12.6. The van der Waals surface area contributed by atoms with E-state index in [-0.39, 0.29) is 31.1 Å². The fourth-order valence-electron chi connectivity index (χ4n) is 10.5. The third-order valence-corrected chi connectivity index (χ3v) is 15.9. The Balaban J connectivity index is 4.20. The minimum absolute atomic E-state index is 0.0719. The van der Waals surface area contributed by atoms with Crippen molar-refractivity contribution in [2.75, 3.05) is 13.2 Å². The lowest BCUT2D eigenvalue weighted by atomic mass is 10.0. The quantitative estimate of drug-likeness (QED) is 0.0261. The second-order valence-electron chi connectivity index (χ2n) is 24.1. The van der Waals surface area contributed by atoms with Crippen LogP contribution in [0.5, 0.6) is 0 Å². The van der Waals surface area contributed by atoms with E-state index < -0.39 is 6.10 Å². The van der Waals surface area contributed by atoms with Crippen LogP contribution in [0.1, 0.15) is 367 Å². The van der Waals surface area contributed by atoms with Gasteiger partial charge in [-0.25, -0.2) is 0 Å². The van der Waals surface area contributed by atoms with E-state index in [2.05, 4.69) is 106 Å². The number of ether oxygens (including phenoxy) is 3. The van der Waals surface area contributed by atoms with E-state index in [9.17, 15) is 14.4 Å². The van der Waals surface area contributed by atoms with E-state index in [0.29, 0.717) is 19.3 Å². The van der Waals surface area contributed by atoms with E-state index in [1.807, 2.05) is 0 Å². The largest absolute Gasteiger partial charge is 0.462 e. The van der Waals surface area contributed by atoms with Crippen molar-refractivity contribution in [2.45, 2.75) is 374 Å².